The van der Waals surface area contributed by atoms with Crippen LogP contribution in [0.4, 0.5) is 0 Å². The molecule has 0 amide bonds. The molecule has 0 radical (unpaired) electrons. The Morgan fingerprint density at radius 2 is 1.97 bits per heavy atom. The fourth-order valence-electron chi connectivity index (χ4n) is 7.69. The molecule has 4 aliphatic carbocycles. The van der Waals surface area contributed by atoms with Gasteiger partial charge in [-0.1, -0.05) is 37.6 Å². The van der Waals surface area contributed by atoms with Crippen molar-refractivity contribution in [2.45, 2.75) is 65.2 Å². The second-order valence-electron chi connectivity index (χ2n) is 10.5. The molecule has 0 aromatic carbocycles. The summed E-state index contributed by atoms with van der Waals surface area (Å²) in [7, 11) is 0. The highest BCUT2D eigenvalue weighted by Gasteiger charge is 2.56. The maximum absolute atomic E-state index is 11.2. The van der Waals surface area contributed by atoms with Gasteiger partial charge in [-0.05, 0) is 96.7 Å². The van der Waals surface area contributed by atoms with Crippen LogP contribution < -0.4 is 0 Å². The smallest absolute Gasteiger partial charge is 0.303 e. The molecule has 1 aromatic rings. The van der Waals surface area contributed by atoms with Gasteiger partial charge in [0.15, 0.2) is 0 Å². The normalized spacial score (nSPS) is 40.9. The number of aromatic nitrogens is 1. The number of allylic oxidation sites excluding steroid dienone is 4. The summed E-state index contributed by atoms with van der Waals surface area (Å²) in [6, 6.07) is 4.28. The lowest BCUT2D eigenvalue weighted by atomic mass is 9.47. The summed E-state index contributed by atoms with van der Waals surface area (Å²) in [6.45, 7) is 5.00. The van der Waals surface area contributed by atoms with Crippen LogP contribution >= 0.6 is 0 Å². The van der Waals surface area contributed by atoms with Gasteiger partial charge in [-0.15, -0.1) is 0 Å². The van der Waals surface area contributed by atoms with Crippen LogP contribution in [0.3, 0.4) is 0 Å². The number of aliphatic carboxylic acids is 1. The van der Waals surface area contributed by atoms with Gasteiger partial charge in [0.1, 0.15) is 0 Å². The number of nitrogens with zero attached hydrogens (tertiary/aromatic N) is 1. The Balaban J connectivity index is 1.41. The molecule has 1 aromatic heterocycles. The molecule has 0 bridgehead atoms. The molecular formula is C26H33NO2. The average Bonchev–Trinajstić information content (AvgIpc) is 3.06. The summed E-state index contributed by atoms with van der Waals surface area (Å²) in [5.74, 6) is 1.93. The van der Waals surface area contributed by atoms with Gasteiger partial charge in [0.2, 0.25) is 0 Å². The Hall–Kier alpha value is -1.90. The number of hydrogen-bond acceptors (Lipinski definition) is 2. The highest BCUT2D eigenvalue weighted by atomic mass is 16.4. The largest absolute Gasteiger partial charge is 0.481 e. The lowest BCUT2D eigenvalue weighted by molar-refractivity contribution is -0.138. The number of pyridine rings is 1. The van der Waals surface area contributed by atoms with Crippen LogP contribution in [0.25, 0.3) is 5.57 Å². The van der Waals surface area contributed by atoms with Crippen molar-refractivity contribution in [3.63, 3.8) is 0 Å². The summed E-state index contributed by atoms with van der Waals surface area (Å²) in [6.07, 6.45) is 17.5. The van der Waals surface area contributed by atoms with Crippen molar-refractivity contribution in [2.24, 2.45) is 34.5 Å². The molecular weight excluding hydrogens is 358 g/mol. The monoisotopic (exact) mass is 391 g/mol. The number of hydrogen-bond donors (Lipinski definition) is 1. The van der Waals surface area contributed by atoms with E-state index in [1.807, 2.05) is 12.4 Å². The topological polar surface area (TPSA) is 50.2 Å². The van der Waals surface area contributed by atoms with Gasteiger partial charge in [0.25, 0.3) is 0 Å². The van der Waals surface area contributed by atoms with E-state index in [4.69, 9.17) is 0 Å². The van der Waals surface area contributed by atoms with E-state index in [1.54, 1.807) is 5.57 Å². The van der Waals surface area contributed by atoms with Crippen LogP contribution in [0.5, 0.6) is 0 Å². The fourth-order valence-corrected chi connectivity index (χ4v) is 7.69. The van der Waals surface area contributed by atoms with E-state index in [1.165, 1.54) is 43.2 Å². The maximum atomic E-state index is 11.2. The molecule has 3 nitrogen and oxygen atoms in total. The number of carboxylic acids is 1. The third-order valence-corrected chi connectivity index (χ3v) is 9.22. The third-order valence-electron chi connectivity index (χ3n) is 9.22. The standard InChI is InChI=1S/C26H33NO2/c1-25-11-9-17(15-24(28)29)14-19(25)5-6-20-22-8-7-21(18-4-3-13-27-16-18)26(22,2)12-10-23(20)25/h3-5,7,13,16-17,20,22-23H,6,8-12,14-15H2,1-2H3,(H,28,29)/t17-,20-,22-,23-,25-,26+/m1/s1. The van der Waals surface area contributed by atoms with Gasteiger partial charge < -0.3 is 5.11 Å². The van der Waals surface area contributed by atoms with E-state index < -0.39 is 5.97 Å². The van der Waals surface area contributed by atoms with Crippen molar-refractivity contribution < 1.29 is 9.90 Å². The van der Waals surface area contributed by atoms with Crippen LogP contribution in [-0.4, -0.2) is 16.1 Å². The summed E-state index contributed by atoms with van der Waals surface area (Å²) in [5, 5.41) is 9.23. The average molecular weight is 392 g/mol. The van der Waals surface area contributed by atoms with Crippen molar-refractivity contribution >= 4 is 11.5 Å². The lowest BCUT2D eigenvalue weighted by Crippen LogP contribution is -2.49. The van der Waals surface area contributed by atoms with E-state index in [0.29, 0.717) is 12.3 Å². The molecule has 0 spiro atoms. The van der Waals surface area contributed by atoms with Crippen LogP contribution in [0.2, 0.25) is 0 Å². The molecule has 0 unspecified atom stereocenters. The number of carbonyl (C=O) groups is 1. The fraction of sp³-hybridized carbons (Fsp3) is 0.615. The van der Waals surface area contributed by atoms with Gasteiger partial charge >= 0.3 is 5.97 Å². The highest BCUT2D eigenvalue weighted by molar-refractivity contribution is 5.72. The molecule has 2 saturated carbocycles. The van der Waals surface area contributed by atoms with Crippen LogP contribution in [0.15, 0.2) is 42.3 Å². The zero-order valence-electron chi connectivity index (χ0n) is 17.7. The van der Waals surface area contributed by atoms with E-state index >= 15 is 0 Å². The highest BCUT2D eigenvalue weighted by Crippen LogP contribution is 2.66. The summed E-state index contributed by atoms with van der Waals surface area (Å²) in [5.41, 5.74) is 4.98. The summed E-state index contributed by atoms with van der Waals surface area (Å²) in [4.78, 5) is 15.6. The Kier molecular flexibility index (Phi) is 4.49. The number of rotatable bonds is 3. The van der Waals surface area contributed by atoms with Crippen molar-refractivity contribution in [1.82, 2.24) is 4.98 Å². The zero-order valence-corrected chi connectivity index (χ0v) is 17.7. The molecule has 6 atom stereocenters. The Bertz CT molecular complexity index is 872. The Labute approximate surface area is 174 Å². The maximum Gasteiger partial charge on any atom is 0.303 e. The molecule has 5 rings (SSSR count). The van der Waals surface area contributed by atoms with Gasteiger partial charge in [-0.3, -0.25) is 9.78 Å². The molecule has 0 aliphatic heterocycles. The number of fused-ring (bicyclic) bond motifs is 5. The van der Waals surface area contributed by atoms with E-state index in [0.717, 1.165) is 30.6 Å². The predicted octanol–water partition coefficient (Wildman–Crippen LogP) is 6.13. The van der Waals surface area contributed by atoms with E-state index in [9.17, 15) is 9.90 Å². The van der Waals surface area contributed by atoms with Crippen LogP contribution in [0, 0.1) is 34.5 Å². The molecule has 154 valence electrons. The van der Waals surface area contributed by atoms with Gasteiger partial charge in [-0.25, -0.2) is 0 Å². The predicted molar refractivity (Wildman–Crippen MR) is 115 cm³/mol. The van der Waals surface area contributed by atoms with E-state index in [-0.39, 0.29) is 10.8 Å². The van der Waals surface area contributed by atoms with E-state index in [2.05, 4.69) is 43.1 Å². The second-order valence-corrected chi connectivity index (χ2v) is 10.5. The first-order chi connectivity index (χ1) is 13.9. The van der Waals surface area contributed by atoms with Crippen molar-refractivity contribution in [3.05, 3.63) is 47.8 Å². The van der Waals surface area contributed by atoms with Crippen molar-refractivity contribution in [1.29, 1.82) is 0 Å². The van der Waals surface area contributed by atoms with Crippen LogP contribution in [0.1, 0.15) is 70.8 Å². The minimum Gasteiger partial charge on any atom is -0.481 e. The molecule has 1 N–H and O–H groups in total. The first kappa shape index (κ1) is 19.1. The summed E-state index contributed by atoms with van der Waals surface area (Å²) < 4.78 is 0. The van der Waals surface area contributed by atoms with Crippen LogP contribution in [-0.2, 0) is 4.79 Å². The zero-order chi connectivity index (χ0) is 20.2. The minimum absolute atomic E-state index is 0.270. The SMILES string of the molecule is C[C@@]12CC[C@@H]3[C@H](CC=C4C[C@H](CC(=O)O)CC[C@]43C)[C@H]1CC=C2c1cccnc1. The Morgan fingerprint density at radius 3 is 2.72 bits per heavy atom. The molecule has 2 fully saturated rings. The molecule has 0 saturated heterocycles. The quantitative estimate of drug-likeness (QED) is 0.631. The second kappa shape index (κ2) is 6.82. The summed E-state index contributed by atoms with van der Waals surface area (Å²) >= 11 is 0. The minimum atomic E-state index is -0.638. The van der Waals surface area contributed by atoms with Crippen molar-refractivity contribution in [2.75, 3.05) is 0 Å². The number of carboxylic acid groups (broad SMARTS) is 1. The Morgan fingerprint density at radius 1 is 1.14 bits per heavy atom. The lowest BCUT2D eigenvalue weighted by Gasteiger charge is -2.58. The van der Waals surface area contributed by atoms with Gasteiger partial charge in [0.05, 0.1) is 0 Å². The molecule has 29 heavy (non-hydrogen) atoms. The van der Waals surface area contributed by atoms with Gasteiger partial charge in [-0.2, -0.15) is 0 Å². The molecule has 1 heterocycles. The third kappa shape index (κ3) is 2.92. The first-order valence-corrected chi connectivity index (χ1v) is 11.4. The first-order valence-electron chi connectivity index (χ1n) is 11.4. The molecule has 4 aliphatic rings. The van der Waals surface area contributed by atoms with Gasteiger partial charge in [0, 0.05) is 18.8 Å². The van der Waals surface area contributed by atoms with Crippen molar-refractivity contribution in [3.8, 4) is 0 Å². The molecule has 3 heteroatoms.